The third-order valence-electron chi connectivity index (χ3n) is 1.62. The molecule has 0 spiro atoms. The second-order valence-electron chi connectivity index (χ2n) is 2.50. The molecular formula is C6H9KO6. The van der Waals surface area contributed by atoms with E-state index in [9.17, 15) is 4.79 Å². The predicted octanol–water partition coefficient (Wildman–Crippen LogP) is -5.28. The van der Waals surface area contributed by atoms with E-state index >= 15 is 0 Å². The molecule has 1 aliphatic rings. The SMILES string of the molecule is O=C(O)C1O[CH-]C(O)C(O)C1O.[K+]. The first-order chi connectivity index (χ1) is 5.54. The largest absolute Gasteiger partial charge is 1.00 e. The number of ether oxygens (including phenoxy) is 1. The molecule has 0 amide bonds. The molecule has 1 fully saturated rings. The van der Waals surface area contributed by atoms with Crippen molar-refractivity contribution in [1.82, 2.24) is 0 Å². The minimum absolute atomic E-state index is 0. The van der Waals surface area contributed by atoms with E-state index in [1.54, 1.807) is 0 Å². The van der Waals surface area contributed by atoms with Gasteiger partial charge in [0.2, 0.25) is 0 Å². The summed E-state index contributed by atoms with van der Waals surface area (Å²) in [6, 6.07) is 0. The maximum absolute atomic E-state index is 10.3. The van der Waals surface area contributed by atoms with Gasteiger partial charge in [0.15, 0.2) is 6.10 Å². The Labute approximate surface area is 117 Å². The zero-order valence-corrected chi connectivity index (χ0v) is 10.1. The van der Waals surface area contributed by atoms with Crippen LogP contribution in [-0.2, 0) is 9.53 Å². The van der Waals surface area contributed by atoms with Gasteiger partial charge in [0.25, 0.3) is 0 Å². The summed E-state index contributed by atoms with van der Waals surface area (Å²) in [4.78, 5) is 10.3. The monoisotopic (exact) mass is 216 g/mol. The van der Waals surface area contributed by atoms with Crippen LogP contribution in [0, 0.1) is 6.61 Å². The van der Waals surface area contributed by atoms with E-state index in [1.807, 2.05) is 0 Å². The molecular weight excluding hydrogens is 207 g/mol. The number of aliphatic hydroxyl groups is 3. The van der Waals surface area contributed by atoms with Crippen molar-refractivity contribution < 1.29 is 81.3 Å². The summed E-state index contributed by atoms with van der Waals surface area (Å²) < 4.78 is 4.45. The summed E-state index contributed by atoms with van der Waals surface area (Å²) in [5, 5.41) is 35.3. The molecule has 0 aliphatic carbocycles. The molecule has 4 atom stereocenters. The van der Waals surface area contributed by atoms with E-state index in [2.05, 4.69) is 4.74 Å². The van der Waals surface area contributed by atoms with Gasteiger partial charge < -0.3 is 25.2 Å². The van der Waals surface area contributed by atoms with Gasteiger partial charge in [0.05, 0.1) is 6.10 Å². The van der Waals surface area contributed by atoms with Crippen molar-refractivity contribution >= 4 is 5.97 Å². The zero-order valence-electron chi connectivity index (χ0n) is 6.99. The van der Waals surface area contributed by atoms with Crippen LogP contribution in [0.2, 0.25) is 0 Å². The van der Waals surface area contributed by atoms with Gasteiger partial charge >= 0.3 is 57.4 Å². The van der Waals surface area contributed by atoms with Crippen LogP contribution in [0.3, 0.4) is 0 Å². The molecule has 1 heterocycles. The smallest absolute Gasteiger partial charge is 0.537 e. The third kappa shape index (κ3) is 3.22. The van der Waals surface area contributed by atoms with Crippen LogP contribution >= 0.6 is 0 Å². The van der Waals surface area contributed by atoms with Crippen molar-refractivity contribution in [2.75, 3.05) is 0 Å². The van der Waals surface area contributed by atoms with Gasteiger partial charge in [-0.05, 0) is 6.10 Å². The van der Waals surface area contributed by atoms with Crippen molar-refractivity contribution in [3.8, 4) is 0 Å². The van der Waals surface area contributed by atoms with Gasteiger partial charge in [-0.2, -0.15) is 6.61 Å². The van der Waals surface area contributed by atoms with Crippen molar-refractivity contribution in [3.05, 3.63) is 6.61 Å². The molecule has 0 aromatic carbocycles. The molecule has 13 heavy (non-hydrogen) atoms. The van der Waals surface area contributed by atoms with Gasteiger partial charge in [0.1, 0.15) is 6.10 Å². The van der Waals surface area contributed by atoms with E-state index in [-0.39, 0.29) is 51.4 Å². The molecule has 4 N–H and O–H groups in total. The first-order valence-electron chi connectivity index (χ1n) is 3.30. The number of carbonyl (C=O) groups is 1. The van der Waals surface area contributed by atoms with Crippen LogP contribution in [0.25, 0.3) is 0 Å². The maximum Gasteiger partial charge on any atom is 1.00 e. The summed E-state index contributed by atoms with van der Waals surface area (Å²) >= 11 is 0. The molecule has 0 aromatic rings. The summed E-state index contributed by atoms with van der Waals surface area (Å²) in [6.45, 7) is 0.788. The van der Waals surface area contributed by atoms with E-state index in [0.29, 0.717) is 0 Å². The van der Waals surface area contributed by atoms with E-state index in [1.165, 1.54) is 0 Å². The van der Waals surface area contributed by atoms with Crippen molar-refractivity contribution in [1.29, 1.82) is 0 Å². The number of aliphatic carboxylic acids is 1. The standard InChI is InChI=1S/C6H9O6.K/c7-2-1-12-5(6(10)11)4(9)3(2)8;/h1-5,7-9H,(H,10,11);/q-1;+1. The van der Waals surface area contributed by atoms with Crippen LogP contribution in [0.1, 0.15) is 0 Å². The summed E-state index contributed by atoms with van der Waals surface area (Å²) in [5.74, 6) is -1.38. The van der Waals surface area contributed by atoms with Crippen LogP contribution in [0.5, 0.6) is 0 Å². The first-order valence-corrected chi connectivity index (χ1v) is 3.30. The Hall–Kier alpha value is 0.946. The van der Waals surface area contributed by atoms with Gasteiger partial charge in [-0.25, -0.2) is 4.79 Å². The maximum atomic E-state index is 10.3. The second kappa shape index (κ2) is 5.74. The summed E-state index contributed by atoms with van der Waals surface area (Å²) in [5.41, 5.74) is 0. The van der Waals surface area contributed by atoms with Crippen molar-refractivity contribution in [2.45, 2.75) is 24.4 Å². The molecule has 0 bridgehead atoms. The number of hydrogen-bond donors (Lipinski definition) is 4. The average molecular weight is 216 g/mol. The molecule has 4 unspecified atom stereocenters. The van der Waals surface area contributed by atoms with Gasteiger partial charge in [0, 0.05) is 0 Å². The zero-order chi connectivity index (χ0) is 9.30. The minimum atomic E-state index is -1.61. The Kier molecular flexibility index (Phi) is 6.15. The van der Waals surface area contributed by atoms with Gasteiger partial charge in [-0.3, -0.25) is 0 Å². The number of rotatable bonds is 1. The van der Waals surface area contributed by atoms with Crippen molar-refractivity contribution in [3.63, 3.8) is 0 Å². The van der Waals surface area contributed by atoms with Crippen molar-refractivity contribution in [2.24, 2.45) is 0 Å². The second-order valence-corrected chi connectivity index (χ2v) is 2.50. The van der Waals surface area contributed by atoms with E-state index in [0.717, 1.165) is 6.61 Å². The fourth-order valence-corrected chi connectivity index (χ4v) is 0.912. The van der Waals surface area contributed by atoms with E-state index < -0.39 is 30.4 Å². The Morgan fingerprint density at radius 2 is 1.77 bits per heavy atom. The number of carboxylic acid groups (broad SMARTS) is 1. The minimum Gasteiger partial charge on any atom is -0.537 e. The Balaban J connectivity index is 0.00000144. The van der Waals surface area contributed by atoms with Gasteiger partial charge in [-0.1, -0.05) is 0 Å². The van der Waals surface area contributed by atoms with Crippen LogP contribution < -0.4 is 51.4 Å². The molecule has 1 aliphatic heterocycles. The molecule has 0 radical (unpaired) electrons. The molecule has 1 saturated heterocycles. The molecule has 0 aromatic heterocycles. The number of aliphatic hydroxyl groups excluding tert-OH is 3. The van der Waals surface area contributed by atoms with Crippen LogP contribution in [0.4, 0.5) is 0 Å². The summed E-state index contributed by atoms with van der Waals surface area (Å²) in [7, 11) is 0. The fourth-order valence-electron chi connectivity index (χ4n) is 0.912. The van der Waals surface area contributed by atoms with E-state index in [4.69, 9.17) is 20.4 Å². The van der Waals surface area contributed by atoms with Gasteiger partial charge in [-0.15, -0.1) is 0 Å². The number of carboxylic acids is 1. The fraction of sp³-hybridized carbons (Fsp3) is 0.667. The van der Waals surface area contributed by atoms with Crippen LogP contribution in [0.15, 0.2) is 0 Å². The predicted molar refractivity (Wildman–Crippen MR) is 34.8 cm³/mol. The quantitative estimate of drug-likeness (QED) is 0.258. The Morgan fingerprint density at radius 1 is 1.23 bits per heavy atom. The topological polar surface area (TPSA) is 107 Å². The molecule has 70 valence electrons. The Bertz CT molecular complexity index is 186. The molecule has 1 rings (SSSR count). The van der Waals surface area contributed by atoms with Crippen LogP contribution in [-0.4, -0.2) is 50.8 Å². The first kappa shape index (κ1) is 13.9. The molecule has 6 nitrogen and oxygen atoms in total. The average Bonchev–Trinajstić information content (AvgIpc) is 2.00. The normalized spacial score (nSPS) is 39.3. The Morgan fingerprint density at radius 3 is 2.23 bits per heavy atom. The number of hydrogen-bond acceptors (Lipinski definition) is 5. The summed E-state index contributed by atoms with van der Waals surface area (Å²) in [6.07, 6.45) is -5.98. The molecule has 7 heteroatoms. The third-order valence-corrected chi connectivity index (χ3v) is 1.62. The molecule has 0 saturated carbocycles.